The maximum atomic E-state index is 6.02. The first-order chi connectivity index (χ1) is 13.8. The number of aromatic nitrogens is 5. The smallest absolute Gasteiger partial charge is 0.186 e. The lowest BCUT2D eigenvalue weighted by Crippen LogP contribution is -2.07. The summed E-state index contributed by atoms with van der Waals surface area (Å²) in [5.41, 5.74) is 2.55. The van der Waals surface area contributed by atoms with E-state index in [1.807, 2.05) is 66.7 Å². The van der Waals surface area contributed by atoms with Crippen molar-refractivity contribution in [1.82, 2.24) is 24.8 Å². The van der Waals surface area contributed by atoms with Gasteiger partial charge in [-0.05, 0) is 36.4 Å². The molecule has 28 heavy (non-hydrogen) atoms. The third kappa shape index (κ3) is 2.93. The van der Waals surface area contributed by atoms with Gasteiger partial charge < -0.3 is 5.32 Å². The van der Waals surface area contributed by atoms with Gasteiger partial charge in [-0.25, -0.2) is 0 Å². The van der Waals surface area contributed by atoms with Crippen LogP contribution in [0.5, 0.6) is 0 Å². The number of benzene rings is 2. The Morgan fingerprint density at radius 2 is 1.64 bits per heavy atom. The van der Waals surface area contributed by atoms with Crippen LogP contribution >= 0.6 is 11.6 Å². The van der Waals surface area contributed by atoms with Gasteiger partial charge in [0.2, 0.25) is 0 Å². The number of fused-ring (bicyclic) bond motifs is 3. The van der Waals surface area contributed by atoms with Crippen molar-refractivity contribution in [2.24, 2.45) is 0 Å². The van der Waals surface area contributed by atoms with Crippen LogP contribution in [0.25, 0.3) is 27.8 Å². The van der Waals surface area contributed by atoms with E-state index in [1.165, 1.54) is 0 Å². The highest BCUT2D eigenvalue weighted by Crippen LogP contribution is 2.28. The van der Waals surface area contributed by atoms with Crippen LogP contribution < -0.4 is 5.32 Å². The van der Waals surface area contributed by atoms with Gasteiger partial charge in [0.1, 0.15) is 0 Å². The third-order valence-corrected chi connectivity index (χ3v) is 4.78. The minimum Gasteiger partial charge on any atom is -0.362 e. The molecule has 5 rings (SSSR count). The number of anilines is 1. The second-order valence-corrected chi connectivity index (χ2v) is 6.77. The molecule has 7 heteroatoms. The minimum atomic E-state index is 0.571. The quantitative estimate of drug-likeness (QED) is 0.488. The number of halogens is 1. The van der Waals surface area contributed by atoms with Gasteiger partial charge in [-0.15, -0.1) is 15.3 Å². The molecule has 136 valence electrons. The zero-order chi connectivity index (χ0) is 18.9. The third-order valence-electron chi connectivity index (χ3n) is 4.53. The Balaban J connectivity index is 1.65. The summed E-state index contributed by atoms with van der Waals surface area (Å²) in [5.74, 6) is 1.42. The van der Waals surface area contributed by atoms with E-state index in [9.17, 15) is 0 Å². The van der Waals surface area contributed by atoms with Crippen molar-refractivity contribution in [1.29, 1.82) is 0 Å². The lowest BCUT2D eigenvalue weighted by molar-refractivity contribution is 0.928. The molecule has 2 aromatic carbocycles. The molecule has 0 radical (unpaired) electrons. The molecule has 0 saturated carbocycles. The Hall–Kier alpha value is -3.51. The van der Waals surface area contributed by atoms with Crippen LogP contribution in [0.4, 0.5) is 5.82 Å². The topological polar surface area (TPSA) is 68.0 Å². The molecular formula is C21H15ClN6. The molecule has 1 N–H and O–H groups in total. The van der Waals surface area contributed by atoms with Gasteiger partial charge in [-0.1, -0.05) is 41.9 Å². The van der Waals surface area contributed by atoms with Gasteiger partial charge in [0.25, 0.3) is 0 Å². The van der Waals surface area contributed by atoms with Crippen molar-refractivity contribution >= 4 is 33.8 Å². The number of nitrogens with zero attached hydrogens (tertiary/aromatic N) is 5. The van der Waals surface area contributed by atoms with Crippen LogP contribution in [0.2, 0.25) is 5.02 Å². The molecule has 6 nitrogen and oxygen atoms in total. The number of nitrogens with one attached hydrogen (secondary N) is 1. The van der Waals surface area contributed by atoms with Crippen molar-refractivity contribution in [2.45, 2.75) is 6.54 Å². The molecule has 0 aliphatic heterocycles. The Bertz CT molecular complexity index is 1270. The van der Waals surface area contributed by atoms with E-state index in [4.69, 9.17) is 16.7 Å². The fourth-order valence-corrected chi connectivity index (χ4v) is 3.29. The van der Waals surface area contributed by atoms with E-state index in [2.05, 4.69) is 20.5 Å². The first kappa shape index (κ1) is 16.6. The van der Waals surface area contributed by atoms with Gasteiger partial charge in [0.05, 0.1) is 12.2 Å². The SMILES string of the molecule is Clc1ccc(-c2nnc3c4ccccc4c(NCc4ccccn4)nn23)cc1. The Morgan fingerprint density at radius 1 is 0.857 bits per heavy atom. The highest BCUT2D eigenvalue weighted by Gasteiger charge is 2.15. The maximum absolute atomic E-state index is 6.02. The van der Waals surface area contributed by atoms with Gasteiger partial charge in [-0.2, -0.15) is 4.52 Å². The van der Waals surface area contributed by atoms with Crippen LogP contribution in [0.1, 0.15) is 5.69 Å². The van der Waals surface area contributed by atoms with Crippen molar-refractivity contribution in [3.8, 4) is 11.4 Å². The van der Waals surface area contributed by atoms with Crippen LogP contribution in [0.15, 0.2) is 72.9 Å². The molecule has 0 spiro atoms. The van der Waals surface area contributed by atoms with Gasteiger partial charge >= 0.3 is 0 Å². The van der Waals surface area contributed by atoms with E-state index < -0.39 is 0 Å². The summed E-state index contributed by atoms with van der Waals surface area (Å²) in [6, 6.07) is 21.4. The summed E-state index contributed by atoms with van der Waals surface area (Å²) < 4.78 is 1.77. The fourth-order valence-electron chi connectivity index (χ4n) is 3.17. The monoisotopic (exact) mass is 386 g/mol. The predicted octanol–water partition coefficient (Wildman–Crippen LogP) is 4.61. The van der Waals surface area contributed by atoms with Gasteiger partial charge in [0.15, 0.2) is 17.3 Å². The zero-order valence-electron chi connectivity index (χ0n) is 14.7. The first-order valence-corrected chi connectivity index (χ1v) is 9.21. The minimum absolute atomic E-state index is 0.571. The molecule has 0 saturated heterocycles. The molecule has 3 aromatic heterocycles. The maximum Gasteiger partial charge on any atom is 0.186 e. The highest BCUT2D eigenvalue weighted by molar-refractivity contribution is 6.30. The largest absolute Gasteiger partial charge is 0.362 e. The number of hydrogen-bond donors (Lipinski definition) is 1. The normalized spacial score (nSPS) is 11.2. The van der Waals surface area contributed by atoms with E-state index in [-0.39, 0.29) is 0 Å². The van der Waals surface area contributed by atoms with Crippen LogP contribution in [0.3, 0.4) is 0 Å². The summed E-state index contributed by atoms with van der Waals surface area (Å²) in [7, 11) is 0. The second-order valence-electron chi connectivity index (χ2n) is 6.33. The van der Waals surface area contributed by atoms with Crippen molar-refractivity contribution in [2.75, 3.05) is 5.32 Å². The molecule has 0 fully saturated rings. The standard InChI is InChI=1S/C21H15ClN6/c22-15-10-8-14(9-11-15)20-25-26-21-18-7-2-1-6-17(18)19(27-28(20)21)24-13-16-5-3-4-12-23-16/h1-12H,13H2,(H,24,27). The second kappa shape index (κ2) is 6.90. The Morgan fingerprint density at radius 3 is 2.43 bits per heavy atom. The highest BCUT2D eigenvalue weighted by atomic mass is 35.5. The van der Waals surface area contributed by atoms with Crippen LogP contribution in [0, 0.1) is 0 Å². The summed E-state index contributed by atoms with van der Waals surface area (Å²) in [6.45, 7) is 0.571. The lowest BCUT2D eigenvalue weighted by Gasteiger charge is -2.10. The summed E-state index contributed by atoms with van der Waals surface area (Å²) in [6.07, 6.45) is 1.78. The van der Waals surface area contributed by atoms with E-state index in [1.54, 1.807) is 10.7 Å². The summed E-state index contributed by atoms with van der Waals surface area (Å²) in [5, 5.41) is 19.6. The Kier molecular flexibility index (Phi) is 4.10. The Labute approximate surface area is 165 Å². The molecule has 0 atom stereocenters. The molecule has 0 unspecified atom stereocenters. The fraction of sp³-hybridized carbons (Fsp3) is 0.0476. The average Bonchev–Trinajstić information content (AvgIpc) is 3.17. The molecule has 0 amide bonds. The average molecular weight is 387 g/mol. The van der Waals surface area contributed by atoms with E-state index >= 15 is 0 Å². The van der Waals surface area contributed by atoms with Crippen LogP contribution in [-0.4, -0.2) is 24.8 Å². The molecular weight excluding hydrogens is 372 g/mol. The molecule has 0 bridgehead atoms. The predicted molar refractivity (Wildman–Crippen MR) is 110 cm³/mol. The van der Waals surface area contributed by atoms with Crippen molar-refractivity contribution < 1.29 is 0 Å². The van der Waals surface area contributed by atoms with Crippen LogP contribution in [-0.2, 0) is 6.54 Å². The molecule has 0 aliphatic rings. The number of rotatable bonds is 4. The van der Waals surface area contributed by atoms with E-state index in [0.29, 0.717) is 23.0 Å². The summed E-state index contributed by atoms with van der Waals surface area (Å²) in [4.78, 5) is 4.37. The van der Waals surface area contributed by atoms with Crippen molar-refractivity contribution in [3.63, 3.8) is 0 Å². The van der Waals surface area contributed by atoms with Gasteiger partial charge in [0, 0.05) is 27.6 Å². The first-order valence-electron chi connectivity index (χ1n) is 8.83. The van der Waals surface area contributed by atoms with Gasteiger partial charge in [-0.3, -0.25) is 4.98 Å². The molecule has 0 aliphatic carbocycles. The zero-order valence-corrected chi connectivity index (χ0v) is 15.5. The number of pyridine rings is 1. The molecule has 3 heterocycles. The van der Waals surface area contributed by atoms with Crippen molar-refractivity contribution in [3.05, 3.63) is 83.6 Å². The number of hydrogen-bond acceptors (Lipinski definition) is 5. The van der Waals surface area contributed by atoms with E-state index in [0.717, 1.165) is 27.8 Å². The summed E-state index contributed by atoms with van der Waals surface area (Å²) >= 11 is 6.02. The molecule has 5 aromatic rings. The lowest BCUT2D eigenvalue weighted by atomic mass is 10.1.